The minimum Gasteiger partial charge on any atom is -0.472 e. The van der Waals surface area contributed by atoms with Crippen molar-refractivity contribution in [1.82, 2.24) is 14.8 Å². The monoisotopic (exact) mass is 240 g/mol. The third-order valence-electron chi connectivity index (χ3n) is 2.84. The van der Waals surface area contributed by atoms with Crippen molar-refractivity contribution in [2.75, 3.05) is 5.73 Å². The van der Waals surface area contributed by atoms with Crippen LogP contribution >= 0.6 is 0 Å². The standard InChI is InChI=1S/C13H12N4O/c1-17-13(14)11(9-3-2-5-15-7-9)12(16-17)10-4-6-18-8-10/h2-8H,14H2,1H3. The molecule has 3 heterocycles. The largest absolute Gasteiger partial charge is 0.472 e. The first-order valence-corrected chi connectivity index (χ1v) is 5.53. The van der Waals surface area contributed by atoms with E-state index in [1.165, 1.54) is 0 Å². The Morgan fingerprint density at radius 1 is 1.28 bits per heavy atom. The summed E-state index contributed by atoms with van der Waals surface area (Å²) in [6.07, 6.45) is 6.78. The summed E-state index contributed by atoms with van der Waals surface area (Å²) in [4.78, 5) is 4.12. The Morgan fingerprint density at radius 2 is 2.17 bits per heavy atom. The lowest BCUT2D eigenvalue weighted by atomic mass is 10.0. The van der Waals surface area contributed by atoms with Crippen LogP contribution < -0.4 is 5.73 Å². The van der Waals surface area contributed by atoms with E-state index in [0.29, 0.717) is 5.82 Å². The van der Waals surface area contributed by atoms with Gasteiger partial charge in [0.15, 0.2) is 0 Å². The average Bonchev–Trinajstić information content (AvgIpc) is 3.00. The van der Waals surface area contributed by atoms with Crippen LogP contribution in [0.15, 0.2) is 47.5 Å². The van der Waals surface area contributed by atoms with Gasteiger partial charge in [-0.15, -0.1) is 0 Å². The summed E-state index contributed by atoms with van der Waals surface area (Å²) >= 11 is 0. The molecule has 2 N–H and O–H groups in total. The molecular weight excluding hydrogens is 228 g/mol. The van der Waals surface area contributed by atoms with E-state index in [9.17, 15) is 0 Å². The van der Waals surface area contributed by atoms with Crippen molar-refractivity contribution < 1.29 is 4.42 Å². The first-order valence-electron chi connectivity index (χ1n) is 5.53. The Labute approximate surface area is 104 Å². The summed E-state index contributed by atoms with van der Waals surface area (Å²) in [5.74, 6) is 0.610. The molecule has 0 aliphatic carbocycles. The molecule has 0 aromatic carbocycles. The second-order valence-corrected chi connectivity index (χ2v) is 3.99. The normalized spacial score (nSPS) is 10.7. The molecule has 0 amide bonds. The van der Waals surface area contributed by atoms with Crippen LogP contribution in [-0.4, -0.2) is 14.8 Å². The Bertz CT molecular complexity index is 656. The van der Waals surface area contributed by atoms with Crippen molar-refractivity contribution in [1.29, 1.82) is 0 Å². The van der Waals surface area contributed by atoms with E-state index in [1.54, 1.807) is 29.6 Å². The Balaban J connectivity index is 2.26. The number of pyridine rings is 1. The highest BCUT2D eigenvalue weighted by Gasteiger charge is 2.17. The summed E-state index contributed by atoms with van der Waals surface area (Å²) in [6.45, 7) is 0. The molecule has 5 heteroatoms. The lowest BCUT2D eigenvalue weighted by Gasteiger charge is -2.01. The van der Waals surface area contributed by atoms with Gasteiger partial charge in [0, 0.05) is 30.6 Å². The van der Waals surface area contributed by atoms with Crippen LogP contribution in [0.25, 0.3) is 22.4 Å². The molecule has 0 saturated carbocycles. The van der Waals surface area contributed by atoms with E-state index < -0.39 is 0 Å². The maximum absolute atomic E-state index is 6.08. The van der Waals surface area contributed by atoms with Crippen LogP contribution in [0.1, 0.15) is 0 Å². The third kappa shape index (κ3) is 1.57. The maximum Gasteiger partial charge on any atom is 0.129 e. The lowest BCUT2D eigenvalue weighted by molar-refractivity contribution is 0.568. The van der Waals surface area contributed by atoms with E-state index in [0.717, 1.165) is 22.4 Å². The second kappa shape index (κ2) is 4.03. The molecule has 0 spiro atoms. The Kier molecular flexibility index (Phi) is 2.37. The van der Waals surface area contributed by atoms with Crippen LogP contribution in [-0.2, 0) is 7.05 Å². The summed E-state index contributed by atoms with van der Waals surface area (Å²) in [7, 11) is 1.82. The number of aromatic nitrogens is 3. The molecular formula is C13H12N4O. The zero-order valence-electron chi connectivity index (χ0n) is 9.87. The number of nitrogens with zero attached hydrogens (tertiary/aromatic N) is 3. The topological polar surface area (TPSA) is 69.9 Å². The van der Waals surface area contributed by atoms with Crippen LogP contribution in [0, 0.1) is 0 Å². The summed E-state index contributed by atoms with van der Waals surface area (Å²) in [6, 6.07) is 5.70. The third-order valence-corrected chi connectivity index (χ3v) is 2.84. The van der Waals surface area contributed by atoms with Crippen molar-refractivity contribution in [2.45, 2.75) is 0 Å². The first kappa shape index (κ1) is 10.6. The van der Waals surface area contributed by atoms with Crippen molar-refractivity contribution in [3.8, 4) is 22.4 Å². The van der Waals surface area contributed by atoms with Gasteiger partial charge in [0.25, 0.3) is 0 Å². The van der Waals surface area contributed by atoms with E-state index in [1.807, 2.05) is 25.2 Å². The molecule has 0 bridgehead atoms. The van der Waals surface area contributed by atoms with Crippen LogP contribution in [0.4, 0.5) is 5.82 Å². The van der Waals surface area contributed by atoms with Crippen molar-refractivity contribution in [3.63, 3.8) is 0 Å². The molecule has 3 aromatic rings. The van der Waals surface area contributed by atoms with Crippen LogP contribution in [0.5, 0.6) is 0 Å². The fourth-order valence-corrected chi connectivity index (χ4v) is 1.93. The number of rotatable bonds is 2. The van der Waals surface area contributed by atoms with Gasteiger partial charge < -0.3 is 10.2 Å². The number of nitrogens with two attached hydrogens (primary N) is 1. The summed E-state index contributed by atoms with van der Waals surface area (Å²) < 4.78 is 6.76. The SMILES string of the molecule is Cn1nc(-c2ccoc2)c(-c2cccnc2)c1N. The van der Waals surface area contributed by atoms with Crippen molar-refractivity contribution in [3.05, 3.63) is 43.1 Å². The molecule has 18 heavy (non-hydrogen) atoms. The van der Waals surface area contributed by atoms with Gasteiger partial charge >= 0.3 is 0 Å². The number of nitrogen functional groups attached to an aromatic ring is 1. The van der Waals surface area contributed by atoms with Crippen LogP contribution in [0.3, 0.4) is 0 Å². The van der Waals surface area contributed by atoms with Gasteiger partial charge in [-0.3, -0.25) is 9.67 Å². The Hall–Kier alpha value is -2.56. The fourth-order valence-electron chi connectivity index (χ4n) is 1.93. The molecule has 0 atom stereocenters. The molecule has 0 radical (unpaired) electrons. The minimum atomic E-state index is 0.610. The molecule has 0 aliphatic heterocycles. The quantitative estimate of drug-likeness (QED) is 0.746. The second-order valence-electron chi connectivity index (χ2n) is 3.99. The zero-order chi connectivity index (χ0) is 12.5. The molecule has 0 fully saturated rings. The lowest BCUT2D eigenvalue weighted by Crippen LogP contribution is -1.98. The van der Waals surface area contributed by atoms with E-state index >= 15 is 0 Å². The molecule has 3 aromatic heterocycles. The van der Waals surface area contributed by atoms with Crippen LogP contribution in [0.2, 0.25) is 0 Å². The average molecular weight is 240 g/mol. The predicted molar refractivity (Wildman–Crippen MR) is 68.6 cm³/mol. The van der Waals surface area contributed by atoms with Crippen molar-refractivity contribution in [2.24, 2.45) is 7.05 Å². The highest BCUT2D eigenvalue weighted by Crippen LogP contribution is 2.35. The van der Waals surface area contributed by atoms with Crippen molar-refractivity contribution >= 4 is 5.82 Å². The van der Waals surface area contributed by atoms with E-state index in [4.69, 9.17) is 10.2 Å². The molecule has 0 aliphatic rings. The van der Waals surface area contributed by atoms with Gasteiger partial charge in [0.2, 0.25) is 0 Å². The maximum atomic E-state index is 6.08. The predicted octanol–water partition coefficient (Wildman–Crippen LogP) is 2.32. The highest BCUT2D eigenvalue weighted by molar-refractivity contribution is 5.87. The molecule has 0 saturated heterocycles. The van der Waals surface area contributed by atoms with E-state index in [-0.39, 0.29) is 0 Å². The number of hydrogen-bond donors (Lipinski definition) is 1. The molecule has 90 valence electrons. The van der Waals surface area contributed by atoms with E-state index in [2.05, 4.69) is 10.1 Å². The van der Waals surface area contributed by atoms with Gasteiger partial charge in [-0.05, 0) is 12.1 Å². The molecule has 0 unspecified atom stereocenters. The van der Waals surface area contributed by atoms with Gasteiger partial charge in [-0.1, -0.05) is 6.07 Å². The number of hydrogen-bond acceptors (Lipinski definition) is 4. The molecule has 5 nitrogen and oxygen atoms in total. The summed E-state index contributed by atoms with van der Waals surface area (Å²) in [5, 5.41) is 4.43. The first-order chi connectivity index (χ1) is 8.77. The highest BCUT2D eigenvalue weighted by atomic mass is 16.3. The number of furan rings is 1. The fraction of sp³-hybridized carbons (Fsp3) is 0.0769. The van der Waals surface area contributed by atoms with Gasteiger partial charge in [0.1, 0.15) is 11.5 Å². The number of anilines is 1. The minimum absolute atomic E-state index is 0.610. The zero-order valence-corrected chi connectivity index (χ0v) is 9.87. The number of aryl methyl sites for hydroxylation is 1. The summed E-state index contributed by atoms with van der Waals surface area (Å²) in [5.41, 5.74) is 9.62. The smallest absolute Gasteiger partial charge is 0.129 e. The van der Waals surface area contributed by atoms with Gasteiger partial charge in [0.05, 0.1) is 18.1 Å². The van der Waals surface area contributed by atoms with Gasteiger partial charge in [-0.2, -0.15) is 5.10 Å². The van der Waals surface area contributed by atoms with Gasteiger partial charge in [-0.25, -0.2) is 0 Å². The Morgan fingerprint density at radius 3 is 2.83 bits per heavy atom. The molecule has 3 rings (SSSR count).